The van der Waals surface area contributed by atoms with Crippen LogP contribution in [0.4, 0.5) is 5.69 Å². The molecule has 0 aromatic heterocycles. The van der Waals surface area contributed by atoms with Gasteiger partial charge in [-0.05, 0) is 76.1 Å². The van der Waals surface area contributed by atoms with Crippen LogP contribution in [0.2, 0.25) is 0 Å². The third-order valence-corrected chi connectivity index (χ3v) is 6.72. The van der Waals surface area contributed by atoms with Gasteiger partial charge in [0.05, 0.1) is 6.61 Å². The highest BCUT2D eigenvalue weighted by Gasteiger charge is 2.35. The minimum atomic E-state index is 0.340. The van der Waals surface area contributed by atoms with E-state index in [1.165, 1.54) is 43.5 Å². The normalized spacial score (nSPS) is 23.8. The maximum absolute atomic E-state index is 5.99. The third kappa shape index (κ3) is 4.70. The lowest BCUT2D eigenvalue weighted by Gasteiger charge is -2.42. The van der Waals surface area contributed by atoms with Crippen molar-refractivity contribution in [3.05, 3.63) is 53.6 Å². The average molecular weight is 381 g/mol. The fourth-order valence-corrected chi connectivity index (χ4v) is 4.68. The van der Waals surface area contributed by atoms with Crippen LogP contribution in [0.25, 0.3) is 6.08 Å². The van der Waals surface area contributed by atoms with Gasteiger partial charge in [0.2, 0.25) is 0 Å². The molecule has 0 amide bonds. The molecule has 2 N–H and O–H groups in total. The van der Waals surface area contributed by atoms with E-state index in [9.17, 15) is 0 Å². The Kier molecular flexibility index (Phi) is 6.66. The predicted octanol–water partition coefficient (Wildman–Crippen LogP) is 5.70. The smallest absolute Gasteiger partial charge is 0.128 e. The maximum atomic E-state index is 5.99. The topological polar surface area (TPSA) is 38.5 Å². The Morgan fingerprint density at radius 2 is 2.00 bits per heavy atom. The van der Waals surface area contributed by atoms with Crippen molar-refractivity contribution in [2.75, 3.05) is 32.0 Å². The number of nitrogens with zero attached hydrogens (tertiary/aromatic N) is 1. The fraction of sp³-hybridized carbons (Fsp3) is 0.520. The van der Waals surface area contributed by atoms with Crippen molar-refractivity contribution in [3.63, 3.8) is 0 Å². The molecule has 3 nitrogen and oxygen atoms in total. The van der Waals surface area contributed by atoms with Gasteiger partial charge in [-0.2, -0.15) is 0 Å². The van der Waals surface area contributed by atoms with E-state index in [0.717, 1.165) is 35.9 Å². The lowest BCUT2D eigenvalue weighted by atomic mass is 9.67. The van der Waals surface area contributed by atoms with Crippen LogP contribution in [-0.2, 0) is 0 Å². The Hall–Kier alpha value is -2.00. The summed E-state index contributed by atoms with van der Waals surface area (Å²) in [6.45, 7) is 15.0. The van der Waals surface area contributed by atoms with Gasteiger partial charge < -0.3 is 15.4 Å². The van der Waals surface area contributed by atoms with Crippen molar-refractivity contribution in [2.24, 2.45) is 11.3 Å². The van der Waals surface area contributed by atoms with E-state index in [2.05, 4.69) is 44.4 Å². The molecule has 1 saturated heterocycles. The molecule has 0 bridgehead atoms. The summed E-state index contributed by atoms with van der Waals surface area (Å²) in [5.74, 6) is 1.63. The summed E-state index contributed by atoms with van der Waals surface area (Å²) in [6, 6.07) is 5.78. The van der Waals surface area contributed by atoms with Gasteiger partial charge in [0.15, 0.2) is 0 Å². The number of ether oxygens (including phenoxy) is 1. The standard InChI is InChI=1S/C25H36N2O/c1-5-22-23(26)8-6-9-24(22)28-17-7-14-27-15-11-21(12-16-27)25(4)13-10-19(2)20(3)18-25/h5-6,8-10,18,21H,1,7,11-17,26H2,2-4H3. The Labute approximate surface area is 170 Å². The van der Waals surface area contributed by atoms with Crippen LogP contribution >= 0.6 is 0 Å². The van der Waals surface area contributed by atoms with Crippen LogP contribution in [-0.4, -0.2) is 31.1 Å². The summed E-state index contributed by atoms with van der Waals surface area (Å²) in [5.41, 5.74) is 10.9. The number of allylic oxidation sites excluding steroid dienone is 4. The summed E-state index contributed by atoms with van der Waals surface area (Å²) in [7, 11) is 0. The van der Waals surface area contributed by atoms with Gasteiger partial charge in [-0.15, -0.1) is 0 Å². The Bertz CT molecular complexity index is 756. The molecule has 3 rings (SSSR count). The minimum Gasteiger partial charge on any atom is -0.493 e. The highest BCUT2D eigenvalue weighted by molar-refractivity contribution is 5.69. The van der Waals surface area contributed by atoms with Crippen molar-refractivity contribution < 1.29 is 4.74 Å². The molecule has 1 aliphatic heterocycles. The molecule has 1 aromatic carbocycles. The summed E-state index contributed by atoms with van der Waals surface area (Å²) in [4.78, 5) is 2.59. The van der Waals surface area contributed by atoms with Gasteiger partial charge >= 0.3 is 0 Å². The molecular formula is C25H36N2O. The fourth-order valence-electron chi connectivity index (χ4n) is 4.68. The second-order valence-corrected chi connectivity index (χ2v) is 8.71. The monoisotopic (exact) mass is 380 g/mol. The average Bonchev–Trinajstić information content (AvgIpc) is 2.69. The number of anilines is 1. The van der Waals surface area contributed by atoms with Crippen LogP contribution in [0.1, 0.15) is 52.0 Å². The second-order valence-electron chi connectivity index (χ2n) is 8.71. The van der Waals surface area contributed by atoms with E-state index in [4.69, 9.17) is 10.5 Å². The van der Waals surface area contributed by atoms with Gasteiger partial charge in [0, 0.05) is 17.8 Å². The van der Waals surface area contributed by atoms with E-state index < -0.39 is 0 Å². The number of rotatable bonds is 7. The molecule has 0 spiro atoms. The van der Waals surface area contributed by atoms with Gasteiger partial charge in [0.1, 0.15) is 5.75 Å². The molecular weight excluding hydrogens is 344 g/mol. The van der Waals surface area contributed by atoms with Gasteiger partial charge in [-0.1, -0.05) is 48.9 Å². The summed E-state index contributed by atoms with van der Waals surface area (Å²) in [6.07, 6.45) is 11.6. The summed E-state index contributed by atoms with van der Waals surface area (Å²) < 4.78 is 5.96. The number of nitrogen functional groups attached to an aromatic ring is 1. The van der Waals surface area contributed by atoms with E-state index in [1.54, 1.807) is 6.08 Å². The predicted molar refractivity (Wildman–Crippen MR) is 120 cm³/mol. The zero-order valence-electron chi connectivity index (χ0n) is 17.8. The van der Waals surface area contributed by atoms with Crippen molar-refractivity contribution in [1.29, 1.82) is 0 Å². The van der Waals surface area contributed by atoms with E-state index >= 15 is 0 Å². The quantitative estimate of drug-likeness (QED) is 0.487. The number of hydrogen-bond donors (Lipinski definition) is 1. The van der Waals surface area contributed by atoms with Crippen LogP contribution in [0.3, 0.4) is 0 Å². The number of likely N-dealkylation sites (tertiary alicyclic amines) is 1. The summed E-state index contributed by atoms with van der Waals surface area (Å²) in [5, 5.41) is 0. The van der Waals surface area contributed by atoms with Crippen LogP contribution in [0.5, 0.6) is 5.75 Å². The lowest BCUT2D eigenvalue weighted by molar-refractivity contribution is 0.113. The van der Waals surface area contributed by atoms with Crippen molar-refractivity contribution in [2.45, 2.75) is 46.5 Å². The molecule has 3 heteroatoms. The van der Waals surface area contributed by atoms with E-state index in [-0.39, 0.29) is 0 Å². The highest BCUT2D eigenvalue weighted by Crippen LogP contribution is 2.43. The van der Waals surface area contributed by atoms with Gasteiger partial charge in [-0.25, -0.2) is 0 Å². The Morgan fingerprint density at radius 3 is 2.68 bits per heavy atom. The third-order valence-electron chi connectivity index (χ3n) is 6.72. The Morgan fingerprint density at radius 1 is 1.25 bits per heavy atom. The molecule has 1 fully saturated rings. The molecule has 152 valence electrons. The molecule has 1 atom stereocenters. The summed E-state index contributed by atoms with van der Waals surface area (Å²) >= 11 is 0. The Balaban J connectivity index is 1.42. The molecule has 1 aliphatic carbocycles. The molecule has 0 saturated carbocycles. The zero-order valence-corrected chi connectivity index (χ0v) is 17.8. The first-order valence-corrected chi connectivity index (χ1v) is 10.7. The highest BCUT2D eigenvalue weighted by atomic mass is 16.5. The molecule has 1 aromatic rings. The number of nitrogens with two attached hydrogens (primary N) is 1. The van der Waals surface area contributed by atoms with Crippen LogP contribution in [0.15, 0.2) is 48.1 Å². The molecule has 2 aliphatic rings. The van der Waals surface area contributed by atoms with Crippen LogP contribution in [0, 0.1) is 11.3 Å². The molecule has 1 heterocycles. The van der Waals surface area contributed by atoms with E-state index in [1.807, 2.05) is 18.2 Å². The molecule has 28 heavy (non-hydrogen) atoms. The maximum Gasteiger partial charge on any atom is 0.128 e. The van der Waals surface area contributed by atoms with Crippen molar-refractivity contribution in [1.82, 2.24) is 4.90 Å². The number of hydrogen-bond acceptors (Lipinski definition) is 3. The first kappa shape index (κ1) is 20.7. The SMILES string of the molecule is C=Cc1c(N)cccc1OCCCN1CCC(C2(C)C=C(C)C(C)=CC2)CC1. The zero-order chi connectivity index (χ0) is 20.1. The van der Waals surface area contributed by atoms with Crippen molar-refractivity contribution in [3.8, 4) is 5.75 Å². The molecule has 1 unspecified atom stereocenters. The van der Waals surface area contributed by atoms with E-state index in [0.29, 0.717) is 12.0 Å². The van der Waals surface area contributed by atoms with Gasteiger partial charge in [-0.3, -0.25) is 0 Å². The first-order chi connectivity index (χ1) is 13.4. The van der Waals surface area contributed by atoms with Gasteiger partial charge in [0.25, 0.3) is 0 Å². The van der Waals surface area contributed by atoms with Crippen LogP contribution < -0.4 is 10.5 Å². The first-order valence-electron chi connectivity index (χ1n) is 10.7. The van der Waals surface area contributed by atoms with Crippen molar-refractivity contribution >= 4 is 11.8 Å². The molecule has 0 radical (unpaired) electrons. The number of piperidine rings is 1. The lowest BCUT2D eigenvalue weighted by Crippen LogP contribution is -2.40. The largest absolute Gasteiger partial charge is 0.493 e. The second kappa shape index (κ2) is 9.00. The number of benzene rings is 1. The minimum absolute atomic E-state index is 0.340.